The number of nitrogens with zero attached hydrogens (tertiary/aromatic N) is 2. The normalized spacial score (nSPS) is 17.8. The lowest BCUT2D eigenvalue weighted by Crippen LogP contribution is -2.47. The van der Waals surface area contributed by atoms with Crippen molar-refractivity contribution in [2.75, 3.05) is 25.5 Å². The van der Waals surface area contributed by atoms with E-state index in [0.717, 1.165) is 12.8 Å². The number of carbonyl (C=O) groups is 2. The van der Waals surface area contributed by atoms with E-state index < -0.39 is 5.60 Å². The van der Waals surface area contributed by atoms with Crippen molar-refractivity contribution in [2.45, 2.75) is 45.3 Å². The molecule has 0 aromatic carbocycles. The molecule has 0 bridgehead atoms. The number of aromatic nitrogens is 1. The average Bonchev–Trinajstić information content (AvgIpc) is 2.53. The highest BCUT2D eigenvalue weighted by atomic mass is 35.5. The summed E-state index contributed by atoms with van der Waals surface area (Å²) in [7, 11) is 1.56. The van der Waals surface area contributed by atoms with Gasteiger partial charge in [-0.25, -0.2) is 9.78 Å². The molecular weight excluding hydrogens is 344 g/mol. The van der Waals surface area contributed by atoms with Gasteiger partial charge in [-0.3, -0.25) is 4.79 Å². The van der Waals surface area contributed by atoms with Gasteiger partial charge in [0.2, 0.25) is 0 Å². The number of amides is 2. The molecule has 1 aliphatic heterocycles. The lowest BCUT2D eigenvalue weighted by atomic mass is 10.0. The number of ether oxygens (including phenoxy) is 1. The van der Waals surface area contributed by atoms with Gasteiger partial charge in [0.25, 0.3) is 5.91 Å². The van der Waals surface area contributed by atoms with Crippen LogP contribution >= 0.6 is 11.6 Å². The first-order valence-electron chi connectivity index (χ1n) is 8.31. The minimum Gasteiger partial charge on any atom is -0.444 e. The summed E-state index contributed by atoms with van der Waals surface area (Å²) in [5.41, 5.74) is 0.499. The standard InChI is InChI=1S/C17H25ClN4O3/c1-17(2,3)25-16(24)22-7-5-6-11(10-22)21-13-8-14(18)20-9-12(13)15(23)19-4/h8-9,11H,5-7,10H2,1-4H3,(H,19,23)(H,20,21)/t11-/m0/s1. The Labute approximate surface area is 153 Å². The second kappa shape index (κ2) is 7.91. The highest BCUT2D eigenvalue weighted by Gasteiger charge is 2.28. The third-order valence-electron chi connectivity index (χ3n) is 3.77. The summed E-state index contributed by atoms with van der Waals surface area (Å²) in [4.78, 5) is 29.9. The third-order valence-corrected chi connectivity index (χ3v) is 3.98. The Hall–Kier alpha value is -2.02. The second-order valence-electron chi connectivity index (χ2n) is 7.04. The lowest BCUT2D eigenvalue weighted by Gasteiger charge is -2.35. The third kappa shape index (κ3) is 5.49. The van der Waals surface area contributed by atoms with Crippen LogP contribution in [0.3, 0.4) is 0 Å². The molecule has 2 N–H and O–H groups in total. The molecule has 1 atom stereocenters. The van der Waals surface area contributed by atoms with Gasteiger partial charge in [-0.05, 0) is 39.7 Å². The molecule has 2 rings (SSSR count). The van der Waals surface area contributed by atoms with Gasteiger partial charge in [0, 0.05) is 32.4 Å². The molecule has 8 heteroatoms. The number of anilines is 1. The summed E-state index contributed by atoms with van der Waals surface area (Å²) in [6.07, 6.45) is 2.85. The minimum absolute atomic E-state index is 0.00291. The van der Waals surface area contributed by atoms with Crippen LogP contribution in [0, 0.1) is 0 Å². The summed E-state index contributed by atoms with van der Waals surface area (Å²) in [6.45, 7) is 6.70. The fourth-order valence-electron chi connectivity index (χ4n) is 2.67. The summed E-state index contributed by atoms with van der Waals surface area (Å²) >= 11 is 5.97. The van der Waals surface area contributed by atoms with E-state index in [2.05, 4.69) is 15.6 Å². The van der Waals surface area contributed by atoms with Crippen molar-refractivity contribution in [3.63, 3.8) is 0 Å². The van der Waals surface area contributed by atoms with E-state index in [1.165, 1.54) is 6.20 Å². The highest BCUT2D eigenvalue weighted by Crippen LogP contribution is 2.23. The van der Waals surface area contributed by atoms with Crippen molar-refractivity contribution in [1.82, 2.24) is 15.2 Å². The quantitative estimate of drug-likeness (QED) is 0.801. The van der Waals surface area contributed by atoms with Crippen LogP contribution in [-0.2, 0) is 4.74 Å². The SMILES string of the molecule is CNC(=O)c1cnc(Cl)cc1N[C@H]1CCCN(C(=O)OC(C)(C)C)C1. The molecule has 0 unspecified atom stereocenters. The monoisotopic (exact) mass is 368 g/mol. The van der Waals surface area contributed by atoms with E-state index in [1.807, 2.05) is 20.8 Å². The molecule has 1 aliphatic rings. The maximum atomic E-state index is 12.3. The summed E-state index contributed by atoms with van der Waals surface area (Å²) in [5, 5.41) is 6.20. The summed E-state index contributed by atoms with van der Waals surface area (Å²) in [5.74, 6) is -0.244. The zero-order chi connectivity index (χ0) is 18.6. The maximum Gasteiger partial charge on any atom is 0.410 e. The van der Waals surface area contributed by atoms with Crippen LogP contribution in [-0.4, -0.2) is 53.7 Å². The zero-order valence-corrected chi connectivity index (χ0v) is 15.8. The van der Waals surface area contributed by atoms with E-state index in [9.17, 15) is 9.59 Å². The van der Waals surface area contributed by atoms with Crippen molar-refractivity contribution < 1.29 is 14.3 Å². The number of nitrogens with one attached hydrogen (secondary N) is 2. The zero-order valence-electron chi connectivity index (χ0n) is 15.1. The molecule has 7 nitrogen and oxygen atoms in total. The van der Waals surface area contributed by atoms with Crippen LogP contribution in [0.4, 0.5) is 10.5 Å². The first kappa shape index (κ1) is 19.3. The molecule has 1 fully saturated rings. The van der Waals surface area contributed by atoms with Gasteiger partial charge < -0.3 is 20.3 Å². The first-order valence-corrected chi connectivity index (χ1v) is 8.69. The van der Waals surface area contributed by atoms with Crippen LogP contribution in [0.1, 0.15) is 44.0 Å². The fraction of sp³-hybridized carbons (Fsp3) is 0.588. The maximum absolute atomic E-state index is 12.3. The van der Waals surface area contributed by atoms with Gasteiger partial charge in [-0.2, -0.15) is 0 Å². The number of pyridine rings is 1. The highest BCUT2D eigenvalue weighted by molar-refractivity contribution is 6.29. The molecule has 138 valence electrons. The van der Waals surface area contributed by atoms with Gasteiger partial charge >= 0.3 is 6.09 Å². The van der Waals surface area contributed by atoms with Crippen molar-refractivity contribution in [1.29, 1.82) is 0 Å². The summed E-state index contributed by atoms with van der Waals surface area (Å²) < 4.78 is 5.44. The molecule has 2 heterocycles. The van der Waals surface area contributed by atoms with Crippen molar-refractivity contribution in [3.8, 4) is 0 Å². The second-order valence-corrected chi connectivity index (χ2v) is 7.43. The molecule has 1 aromatic rings. The topological polar surface area (TPSA) is 83.6 Å². The van der Waals surface area contributed by atoms with Gasteiger partial charge in [-0.15, -0.1) is 0 Å². The van der Waals surface area contributed by atoms with E-state index >= 15 is 0 Å². The Balaban J connectivity index is 2.09. The van der Waals surface area contributed by atoms with Gasteiger partial charge in [0.15, 0.2) is 0 Å². The van der Waals surface area contributed by atoms with Crippen molar-refractivity contribution >= 4 is 29.3 Å². The van der Waals surface area contributed by atoms with Crippen molar-refractivity contribution in [2.24, 2.45) is 0 Å². The number of hydrogen-bond acceptors (Lipinski definition) is 5. The molecule has 25 heavy (non-hydrogen) atoms. The molecular formula is C17H25ClN4O3. The first-order chi connectivity index (χ1) is 11.7. The van der Waals surface area contributed by atoms with E-state index in [1.54, 1.807) is 18.0 Å². The number of carbonyl (C=O) groups excluding carboxylic acids is 2. The Morgan fingerprint density at radius 3 is 2.76 bits per heavy atom. The number of rotatable bonds is 3. The Morgan fingerprint density at radius 2 is 2.12 bits per heavy atom. The summed E-state index contributed by atoms with van der Waals surface area (Å²) in [6, 6.07) is 1.63. The molecule has 0 aliphatic carbocycles. The number of piperidine rings is 1. The van der Waals surface area contributed by atoms with Crippen LogP contribution in [0.2, 0.25) is 5.15 Å². The largest absolute Gasteiger partial charge is 0.444 e. The predicted octanol–water partition coefficient (Wildman–Crippen LogP) is 2.91. The van der Waals surface area contributed by atoms with Crippen LogP contribution in [0.15, 0.2) is 12.3 Å². The lowest BCUT2D eigenvalue weighted by molar-refractivity contribution is 0.0206. The molecule has 0 saturated carbocycles. The van der Waals surface area contributed by atoms with Crippen LogP contribution in [0.5, 0.6) is 0 Å². The molecule has 2 amide bonds. The average molecular weight is 369 g/mol. The molecule has 0 radical (unpaired) electrons. The number of likely N-dealkylation sites (tertiary alicyclic amines) is 1. The fourth-order valence-corrected chi connectivity index (χ4v) is 2.83. The Bertz CT molecular complexity index is 645. The number of hydrogen-bond donors (Lipinski definition) is 2. The van der Waals surface area contributed by atoms with Gasteiger partial charge in [0.1, 0.15) is 10.8 Å². The van der Waals surface area contributed by atoms with Crippen molar-refractivity contribution in [3.05, 3.63) is 23.0 Å². The van der Waals surface area contributed by atoms with Crippen LogP contribution in [0.25, 0.3) is 0 Å². The Kier molecular flexibility index (Phi) is 6.11. The van der Waals surface area contributed by atoms with E-state index in [-0.39, 0.29) is 18.0 Å². The Morgan fingerprint density at radius 1 is 1.40 bits per heavy atom. The van der Waals surface area contributed by atoms with Crippen LogP contribution < -0.4 is 10.6 Å². The molecule has 0 spiro atoms. The van der Waals surface area contributed by atoms with E-state index in [0.29, 0.717) is 29.5 Å². The smallest absolute Gasteiger partial charge is 0.410 e. The minimum atomic E-state index is -0.525. The predicted molar refractivity (Wildman–Crippen MR) is 97.1 cm³/mol. The molecule has 1 saturated heterocycles. The molecule has 1 aromatic heterocycles. The van der Waals surface area contributed by atoms with Gasteiger partial charge in [0.05, 0.1) is 11.3 Å². The van der Waals surface area contributed by atoms with E-state index in [4.69, 9.17) is 16.3 Å². The van der Waals surface area contributed by atoms with Gasteiger partial charge in [-0.1, -0.05) is 11.6 Å². The number of halogens is 1.